The van der Waals surface area contributed by atoms with Crippen LogP contribution >= 0.6 is 0 Å². The van der Waals surface area contributed by atoms with E-state index in [1.807, 2.05) is 34.9 Å². The molecule has 0 saturated heterocycles. The quantitative estimate of drug-likeness (QED) is 0.736. The van der Waals surface area contributed by atoms with Crippen molar-refractivity contribution in [2.45, 2.75) is 46.1 Å². The minimum atomic E-state index is -0.855. The van der Waals surface area contributed by atoms with Gasteiger partial charge in [0, 0.05) is 6.04 Å². The third kappa shape index (κ3) is 4.74. The molecule has 0 aliphatic rings. The summed E-state index contributed by atoms with van der Waals surface area (Å²) in [5.74, 6) is -0.128. The first-order valence-electron chi connectivity index (χ1n) is 6.28. The molecule has 0 saturated carbocycles. The van der Waals surface area contributed by atoms with Crippen LogP contribution < -0.4 is 5.32 Å². The molecule has 0 heterocycles. The third-order valence-electron chi connectivity index (χ3n) is 3.24. The van der Waals surface area contributed by atoms with Crippen LogP contribution in [0.3, 0.4) is 0 Å². The van der Waals surface area contributed by atoms with E-state index in [9.17, 15) is 4.79 Å². The number of nitrogens with zero attached hydrogens (tertiary/aromatic N) is 2. The number of hydrogen-bond donors (Lipinski definition) is 1. The summed E-state index contributed by atoms with van der Waals surface area (Å²) >= 11 is 0. The molecule has 0 aromatic rings. The largest absolute Gasteiger partial charge is 0.352 e. The van der Waals surface area contributed by atoms with Gasteiger partial charge in [-0.05, 0) is 46.8 Å². The summed E-state index contributed by atoms with van der Waals surface area (Å²) in [5.41, 5.74) is -0.855. The molecule has 1 unspecified atom stereocenters. The molecular formula is C13H25N3O. The van der Waals surface area contributed by atoms with Gasteiger partial charge in [-0.3, -0.25) is 4.79 Å². The second-order valence-electron chi connectivity index (χ2n) is 4.87. The van der Waals surface area contributed by atoms with Crippen molar-refractivity contribution in [2.24, 2.45) is 5.41 Å². The Morgan fingerprint density at radius 1 is 1.41 bits per heavy atom. The minimum absolute atomic E-state index is 0.107. The molecule has 0 fully saturated rings. The number of amides is 1. The van der Waals surface area contributed by atoms with Gasteiger partial charge in [-0.2, -0.15) is 5.26 Å². The van der Waals surface area contributed by atoms with Crippen LogP contribution in [0, 0.1) is 16.7 Å². The molecule has 0 rings (SSSR count). The average molecular weight is 239 g/mol. The van der Waals surface area contributed by atoms with E-state index < -0.39 is 5.41 Å². The summed E-state index contributed by atoms with van der Waals surface area (Å²) in [6.45, 7) is 6.68. The van der Waals surface area contributed by atoms with E-state index in [-0.39, 0.29) is 11.9 Å². The summed E-state index contributed by atoms with van der Waals surface area (Å²) in [7, 11) is 4.01. The van der Waals surface area contributed by atoms with E-state index in [1.165, 1.54) is 0 Å². The van der Waals surface area contributed by atoms with E-state index in [0.717, 1.165) is 13.0 Å². The van der Waals surface area contributed by atoms with Gasteiger partial charge in [-0.15, -0.1) is 0 Å². The van der Waals surface area contributed by atoms with Crippen molar-refractivity contribution >= 4 is 5.91 Å². The SMILES string of the molecule is CCC(C#N)(CC)C(=O)NC(C)CCN(C)C. The summed E-state index contributed by atoms with van der Waals surface area (Å²) in [6.07, 6.45) is 2.02. The Kier molecular flexibility index (Phi) is 6.82. The maximum absolute atomic E-state index is 12.1. The lowest BCUT2D eigenvalue weighted by molar-refractivity contribution is -0.129. The predicted molar refractivity (Wildman–Crippen MR) is 69.4 cm³/mol. The van der Waals surface area contributed by atoms with Crippen molar-refractivity contribution in [3.8, 4) is 6.07 Å². The number of nitriles is 1. The molecule has 0 aliphatic carbocycles. The zero-order chi connectivity index (χ0) is 13.5. The van der Waals surface area contributed by atoms with Crippen molar-refractivity contribution in [1.29, 1.82) is 5.26 Å². The second-order valence-corrected chi connectivity index (χ2v) is 4.87. The molecule has 0 radical (unpaired) electrons. The Balaban J connectivity index is 4.37. The summed E-state index contributed by atoms with van der Waals surface area (Å²) < 4.78 is 0. The zero-order valence-electron chi connectivity index (χ0n) is 11.7. The van der Waals surface area contributed by atoms with E-state index >= 15 is 0 Å². The van der Waals surface area contributed by atoms with Crippen LogP contribution in [0.25, 0.3) is 0 Å². The summed E-state index contributed by atoms with van der Waals surface area (Å²) in [5, 5.41) is 12.1. The lowest BCUT2D eigenvalue weighted by Gasteiger charge is -2.25. The smallest absolute Gasteiger partial charge is 0.240 e. The number of carbonyl (C=O) groups excluding carboxylic acids is 1. The predicted octanol–water partition coefficient (Wildman–Crippen LogP) is 1.77. The molecule has 0 spiro atoms. The van der Waals surface area contributed by atoms with Gasteiger partial charge in [0.2, 0.25) is 5.91 Å². The van der Waals surface area contributed by atoms with Crippen molar-refractivity contribution < 1.29 is 4.79 Å². The molecule has 0 aliphatic heterocycles. The van der Waals surface area contributed by atoms with Crippen LogP contribution in [0.4, 0.5) is 0 Å². The van der Waals surface area contributed by atoms with Crippen LogP contribution in [-0.4, -0.2) is 37.5 Å². The van der Waals surface area contributed by atoms with E-state index in [1.54, 1.807) is 0 Å². The molecule has 1 amide bonds. The molecule has 98 valence electrons. The van der Waals surface area contributed by atoms with E-state index in [0.29, 0.717) is 12.8 Å². The maximum Gasteiger partial charge on any atom is 0.240 e. The van der Waals surface area contributed by atoms with Gasteiger partial charge in [0.15, 0.2) is 0 Å². The Hall–Kier alpha value is -1.08. The molecule has 17 heavy (non-hydrogen) atoms. The van der Waals surface area contributed by atoms with Crippen molar-refractivity contribution in [2.75, 3.05) is 20.6 Å². The fourth-order valence-electron chi connectivity index (χ4n) is 1.67. The van der Waals surface area contributed by atoms with Crippen LogP contribution in [0.1, 0.15) is 40.0 Å². The van der Waals surface area contributed by atoms with Crippen LogP contribution in [0.2, 0.25) is 0 Å². The average Bonchev–Trinajstić information content (AvgIpc) is 2.29. The highest BCUT2D eigenvalue weighted by Gasteiger charge is 2.35. The zero-order valence-corrected chi connectivity index (χ0v) is 11.7. The fourth-order valence-corrected chi connectivity index (χ4v) is 1.67. The van der Waals surface area contributed by atoms with Gasteiger partial charge >= 0.3 is 0 Å². The van der Waals surface area contributed by atoms with E-state index in [2.05, 4.69) is 16.3 Å². The Labute approximate surface area is 105 Å². The van der Waals surface area contributed by atoms with Crippen LogP contribution in [0.5, 0.6) is 0 Å². The van der Waals surface area contributed by atoms with Gasteiger partial charge in [0.25, 0.3) is 0 Å². The molecule has 0 aromatic carbocycles. The molecule has 1 atom stereocenters. The monoisotopic (exact) mass is 239 g/mol. The normalized spacial score (nSPS) is 13.2. The summed E-state index contributed by atoms with van der Waals surface area (Å²) in [6, 6.07) is 2.27. The van der Waals surface area contributed by atoms with Gasteiger partial charge in [0.1, 0.15) is 5.41 Å². The topological polar surface area (TPSA) is 56.1 Å². The van der Waals surface area contributed by atoms with E-state index in [4.69, 9.17) is 5.26 Å². The first kappa shape index (κ1) is 15.9. The van der Waals surface area contributed by atoms with Gasteiger partial charge in [0.05, 0.1) is 6.07 Å². The first-order valence-corrected chi connectivity index (χ1v) is 6.28. The number of carbonyl (C=O) groups is 1. The molecule has 0 aromatic heterocycles. The number of nitrogens with one attached hydrogen (secondary N) is 1. The standard InChI is InChI=1S/C13H25N3O/c1-6-13(7-2,10-14)12(17)15-11(3)8-9-16(4)5/h11H,6-9H2,1-5H3,(H,15,17). The highest BCUT2D eigenvalue weighted by Crippen LogP contribution is 2.25. The number of rotatable bonds is 7. The maximum atomic E-state index is 12.1. The Bertz CT molecular complexity index is 277. The van der Waals surface area contributed by atoms with Crippen molar-refractivity contribution in [1.82, 2.24) is 10.2 Å². The minimum Gasteiger partial charge on any atom is -0.352 e. The highest BCUT2D eigenvalue weighted by atomic mass is 16.2. The lowest BCUT2D eigenvalue weighted by Crippen LogP contribution is -2.44. The molecule has 4 heteroatoms. The van der Waals surface area contributed by atoms with Gasteiger partial charge in [-0.1, -0.05) is 13.8 Å². The Morgan fingerprint density at radius 2 is 1.94 bits per heavy atom. The molecule has 0 bridgehead atoms. The first-order chi connectivity index (χ1) is 7.91. The highest BCUT2D eigenvalue weighted by molar-refractivity contribution is 5.85. The van der Waals surface area contributed by atoms with Crippen molar-refractivity contribution in [3.63, 3.8) is 0 Å². The second kappa shape index (κ2) is 7.29. The van der Waals surface area contributed by atoms with Crippen molar-refractivity contribution in [3.05, 3.63) is 0 Å². The molecular weight excluding hydrogens is 214 g/mol. The third-order valence-corrected chi connectivity index (χ3v) is 3.24. The van der Waals surface area contributed by atoms with Crippen LogP contribution in [0.15, 0.2) is 0 Å². The molecule has 4 nitrogen and oxygen atoms in total. The summed E-state index contributed by atoms with van der Waals surface area (Å²) in [4.78, 5) is 14.1. The number of hydrogen-bond acceptors (Lipinski definition) is 3. The molecule has 1 N–H and O–H groups in total. The van der Waals surface area contributed by atoms with Crippen LogP contribution in [-0.2, 0) is 4.79 Å². The fraction of sp³-hybridized carbons (Fsp3) is 0.846. The van der Waals surface area contributed by atoms with Gasteiger partial charge in [-0.25, -0.2) is 0 Å². The lowest BCUT2D eigenvalue weighted by atomic mass is 9.83. The van der Waals surface area contributed by atoms with Gasteiger partial charge < -0.3 is 10.2 Å². The Morgan fingerprint density at radius 3 is 2.29 bits per heavy atom.